The average molecular weight is 247 g/mol. The number of hydrogen-bond donors (Lipinski definition) is 2. The van der Waals surface area contributed by atoms with Crippen molar-refractivity contribution in [3.8, 4) is 0 Å². The first kappa shape index (κ1) is 12.9. The third-order valence-electron chi connectivity index (χ3n) is 3.59. The van der Waals surface area contributed by atoms with Crippen LogP contribution in [0.3, 0.4) is 0 Å². The first-order valence-corrected chi connectivity index (χ1v) is 6.51. The van der Waals surface area contributed by atoms with Gasteiger partial charge in [-0.25, -0.2) is 4.98 Å². The molecule has 1 amide bonds. The molecule has 1 aromatic rings. The Hall–Kier alpha value is -1.58. The predicted molar refractivity (Wildman–Crippen MR) is 72.9 cm³/mol. The molecule has 2 N–H and O–H groups in total. The van der Waals surface area contributed by atoms with E-state index in [1.165, 1.54) is 12.8 Å². The summed E-state index contributed by atoms with van der Waals surface area (Å²) in [6, 6.07) is 3.62. The number of nitrogens with one attached hydrogen (secondary N) is 2. The molecule has 0 radical (unpaired) electrons. The zero-order valence-corrected chi connectivity index (χ0v) is 11.3. The van der Waals surface area contributed by atoms with Crippen molar-refractivity contribution in [2.45, 2.75) is 45.1 Å². The van der Waals surface area contributed by atoms with Crippen LogP contribution in [-0.4, -0.2) is 23.5 Å². The maximum Gasteiger partial charge on any atom is 0.251 e. The highest BCUT2D eigenvalue weighted by molar-refractivity contribution is 5.95. The number of aryl methyl sites for hydroxylation is 1. The van der Waals surface area contributed by atoms with Crippen LogP contribution in [0, 0.1) is 6.92 Å². The molecule has 1 heterocycles. The number of anilines is 1. The van der Waals surface area contributed by atoms with Gasteiger partial charge in [0.1, 0.15) is 5.82 Å². The van der Waals surface area contributed by atoms with Gasteiger partial charge < -0.3 is 10.6 Å². The highest BCUT2D eigenvalue weighted by atomic mass is 16.1. The summed E-state index contributed by atoms with van der Waals surface area (Å²) in [5.41, 5.74) is 1.50. The molecule has 1 aliphatic rings. The van der Waals surface area contributed by atoms with Gasteiger partial charge in [0.15, 0.2) is 0 Å². The van der Waals surface area contributed by atoms with E-state index in [2.05, 4.69) is 22.5 Å². The number of nitrogens with zero attached hydrogens (tertiary/aromatic N) is 1. The smallest absolute Gasteiger partial charge is 0.251 e. The molecule has 0 aliphatic heterocycles. The molecule has 1 aliphatic carbocycles. The zero-order valence-electron chi connectivity index (χ0n) is 11.3. The van der Waals surface area contributed by atoms with Gasteiger partial charge in [0.2, 0.25) is 0 Å². The number of carbonyl (C=O) groups excluding carboxylic acids is 1. The molecule has 18 heavy (non-hydrogen) atoms. The lowest BCUT2D eigenvalue weighted by Gasteiger charge is -2.25. The summed E-state index contributed by atoms with van der Waals surface area (Å²) < 4.78 is 0. The van der Waals surface area contributed by atoms with Crippen LogP contribution in [0.25, 0.3) is 0 Å². The van der Waals surface area contributed by atoms with Gasteiger partial charge in [0.25, 0.3) is 5.91 Å². The lowest BCUT2D eigenvalue weighted by molar-refractivity contribution is 0.0908. The number of amides is 1. The van der Waals surface area contributed by atoms with Gasteiger partial charge in [-0.05, 0) is 38.8 Å². The fourth-order valence-electron chi connectivity index (χ4n) is 2.55. The minimum Gasteiger partial charge on any atom is -0.373 e. The minimum atomic E-state index is -0.0337. The third-order valence-corrected chi connectivity index (χ3v) is 3.59. The Labute approximate surface area is 108 Å². The van der Waals surface area contributed by atoms with Crippen LogP contribution in [-0.2, 0) is 0 Å². The molecule has 4 heteroatoms. The number of rotatable bonds is 3. The molecule has 98 valence electrons. The molecule has 0 atom stereocenters. The Morgan fingerprint density at radius 3 is 2.61 bits per heavy atom. The van der Waals surface area contributed by atoms with Gasteiger partial charge >= 0.3 is 0 Å². The normalized spacial score (nSPS) is 17.5. The second-order valence-corrected chi connectivity index (χ2v) is 5.35. The van der Waals surface area contributed by atoms with Crippen LogP contribution in [0.1, 0.15) is 48.7 Å². The fraction of sp³-hybridized carbons (Fsp3) is 0.571. The second-order valence-electron chi connectivity index (χ2n) is 5.35. The van der Waals surface area contributed by atoms with Gasteiger partial charge in [0, 0.05) is 23.8 Å². The van der Waals surface area contributed by atoms with E-state index in [-0.39, 0.29) is 11.4 Å². The van der Waals surface area contributed by atoms with Crippen LogP contribution < -0.4 is 10.6 Å². The van der Waals surface area contributed by atoms with Gasteiger partial charge in [-0.15, -0.1) is 0 Å². The Balaban J connectivity index is 2.15. The van der Waals surface area contributed by atoms with E-state index < -0.39 is 0 Å². The Kier molecular flexibility index (Phi) is 3.55. The summed E-state index contributed by atoms with van der Waals surface area (Å²) in [7, 11) is 1.81. The molecule has 0 spiro atoms. The standard InChI is InChI=1S/C14H21N3O/c1-10-8-11(9-12(15-3)16-10)13(18)17-14(2)6-4-5-7-14/h8-9H,4-7H2,1-3H3,(H,15,16)(H,17,18). The van der Waals surface area contributed by atoms with E-state index in [9.17, 15) is 4.79 Å². The lowest BCUT2D eigenvalue weighted by Crippen LogP contribution is -2.43. The molecular weight excluding hydrogens is 226 g/mol. The maximum absolute atomic E-state index is 12.3. The van der Waals surface area contributed by atoms with Crippen molar-refractivity contribution in [1.29, 1.82) is 0 Å². The fourth-order valence-corrected chi connectivity index (χ4v) is 2.55. The van der Waals surface area contributed by atoms with E-state index in [1.807, 2.05) is 20.0 Å². The molecule has 0 saturated heterocycles. The highest BCUT2D eigenvalue weighted by Crippen LogP contribution is 2.29. The number of hydrogen-bond acceptors (Lipinski definition) is 3. The van der Waals surface area contributed by atoms with Crippen molar-refractivity contribution in [3.63, 3.8) is 0 Å². The number of aromatic nitrogens is 1. The van der Waals surface area contributed by atoms with Gasteiger partial charge in [-0.2, -0.15) is 0 Å². The van der Waals surface area contributed by atoms with Gasteiger partial charge in [0.05, 0.1) is 0 Å². The van der Waals surface area contributed by atoms with E-state index in [4.69, 9.17) is 0 Å². The minimum absolute atomic E-state index is 0.00130. The summed E-state index contributed by atoms with van der Waals surface area (Å²) in [6.07, 6.45) is 4.55. The van der Waals surface area contributed by atoms with Crippen LogP contribution in [0.4, 0.5) is 5.82 Å². The van der Waals surface area contributed by atoms with E-state index >= 15 is 0 Å². The quantitative estimate of drug-likeness (QED) is 0.863. The molecule has 1 fully saturated rings. The van der Waals surface area contributed by atoms with Crippen molar-refractivity contribution >= 4 is 11.7 Å². The molecule has 0 bridgehead atoms. The third kappa shape index (κ3) is 2.81. The van der Waals surface area contributed by atoms with Crippen molar-refractivity contribution < 1.29 is 4.79 Å². The van der Waals surface area contributed by atoms with E-state index in [0.717, 1.165) is 24.4 Å². The highest BCUT2D eigenvalue weighted by Gasteiger charge is 2.30. The molecule has 4 nitrogen and oxygen atoms in total. The predicted octanol–water partition coefficient (Wildman–Crippen LogP) is 2.49. The summed E-state index contributed by atoms with van der Waals surface area (Å²) in [5, 5.41) is 6.13. The maximum atomic E-state index is 12.3. The summed E-state index contributed by atoms with van der Waals surface area (Å²) in [5.74, 6) is 0.734. The van der Waals surface area contributed by atoms with Crippen molar-refractivity contribution in [2.24, 2.45) is 0 Å². The van der Waals surface area contributed by atoms with Crippen LogP contribution >= 0.6 is 0 Å². The monoisotopic (exact) mass is 247 g/mol. The van der Waals surface area contributed by atoms with Gasteiger partial charge in [-0.1, -0.05) is 12.8 Å². The lowest BCUT2D eigenvalue weighted by atomic mass is 10.00. The SMILES string of the molecule is CNc1cc(C(=O)NC2(C)CCCC2)cc(C)n1. The van der Waals surface area contributed by atoms with E-state index in [1.54, 1.807) is 6.07 Å². The van der Waals surface area contributed by atoms with Crippen LogP contribution in [0.15, 0.2) is 12.1 Å². The average Bonchev–Trinajstić information content (AvgIpc) is 2.74. The molecule has 1 saturated carbocycles. The molecule has 1 aromatic heterocycles. The summed E-state index contributed by atoms with van der Waals surface area (Å²) >= 11 is 0. The van der Waals surface area contributed by atoms with Crippen LogP contribution in [0.2, 0.25) is 0 Å². The summed E-state index contributed by atoms with van der Waals surface area (Å²) in [4.78, 5) is 16.6. The molecule has 0 unspecified atom stereocenters. The second kappa shape index (κ2) is 4.96. The number of carbonyl (C=O) groups is 1. The molecular formula is C14H21N3O. The molecule has 2 rings (SSSR count). The molecule has 0 aromatic carbocycles. The topological polar surface area (TPSA) is 54.0 Å². The Morgan fingerprint density at radius 1 is 1.33 bits per heavy atom. The largest absolute Gasteiger partial charge is 0.373 e. The van der Waals surface area contributed by atoms with Crippen molar-refractivity contribution in [1.82, 2.24) is 10.3 Å². The number of pyridine rings is 1. The van der Waals surface area contributed by atoms with Crippen LogP contribution in [0.5, 0.6) is 0 Å². The first-order valence-electron chi connectivity index (χ1n) is 6.51. The Morgan fingerprint density at radius 2 is 2.00 bits per heavy atom. The Bertz CT molecular complexity index is 450. The van der Waals surface area contributed by atoms with E-state index in [0.29, 0.717) is 5.56 Å². The van der Waals surface area contributed by atoms with Gasteiger partial charge in [-0.3, -0.25) is 4.79 Å². The first-order chi connectivity index (χ1) is 8.52. The summed E-state index contributed by atoms with van der Waals surface area (Å²) in [6.45, 7) is 4.03. The zero-order chi connectivity index (χ0) is 13.2. The van der Waals surface area contributed by atoms with Crippen molar-refractivity contribution in [3.05, 3.63) is 23.4 Å². The van der Waals surface area contributed by atoms with Crippen molar-refractivity contribution in [2.75, 3.05) is 12.4 Å².